The zero-order valence-electron chi connectivity index (χ0n) is 7.59. The van der Waals surface area contributed by atoms with Crippen molar-refractivity contribution in [2.24, 2.45) is 4.99 Å². The van der Waals surface area contributed by atoms with Crippen LogP contribution in [-0.2, 0) is 0 Å². The van der Waals surface area contributed by atoms with E-state index in [1.54, 1.807) is 0 Å². The van der Waals surface area contributed by atoms with Crippen LogP contribution in [0.2, 0.25) is 0 Å². The summed E-state index contributed by atoms with van der Waals surface area (Å²) in [6.45, 7) is 6.35. The SMILES string of the molecule is C/C=N\C1=C(C)CN(C)CC1. The number of hydrogen-bond donors (Lipinski definition) is 0. The van der Waals surface area contributed by atoms with E-state index in [9.17, 15) is 0 Å². The summed E-state index contributed by atoms with van der Waals surface area (Å²) < 4.78 is 0. The van der Waals surface area contributed by atoms with Crippen molar-refractivity contribution in [2.75, 3.05) is 20.1 Å². The Hall–Kier alpha value is -0.630. The minimum atomic E-state index is 1.08. The molecule has 0 atom stereocenters. The quantitative estimate of drug-likeness (QED) is 0.522. The van der Waals surface area contributed by atoms with Crippen LogP contribution in [0.4, 0.5) is 0 Å². The minimum absolute atomic E-state index is 1.08. The second-order valence-electron chi connectivity index (χ2n) is 3.10. The molecule has 0 N–H and O–H groups in total. The monoisotopic (exact) mass is 152 g/mol. The fraction of sp³-hybridized carbons (Fsp3) is 0.667. The molecule has 62 valence electrons. The van der Waals surface area contributed by atoms with Crippen LogP contribution >= 0.6 is 0 Å². The van der Waals surface area contributed by atoms with Crippen LogP contribution in [0.15, 0.2) is 16.3 Å². The van der Waals surface area contributed by atoms with E-state index < -0.39 is 0 Å². The van der Waals surface area contributed by atoms with Gasteiger partial charge in [0.15, 0.2) is 0 Å². The molecule has 0 saturated carbocycles. The summed E-state index contributed by atoms with van der Waals surface area (Å²) in [4.78, 5) is 6.65. The Bertz CT molecular complexity index is 192. The van der Waals surface area contributed by atoms with Gasteiger partial charge in [-0.25, -0.2) is 0 Å². The molecule has 0 unspecified atom stereocenters. The van der Waals surface area contributed by atoms with Gasteiger partial charge in [0.05, 0.1) is 0 Å². The fourth-order valence-electron chi connectivity index (χ4n) is 1.42. The lowest BCUT2D eigenvalue weighted by atomic mass is 10.1. The number of nitrogens with zero attached hydrogens (tertiary/aromatic N) is 2. The Morgan fingerprint density at radius 1 is 1.55 bits per heavy atom. The van der Waals surface area contributed by atoms with Gasteiger partial charge in [-0.05, 0) is 26.5 Å². The van der Waals surface area contributed by atoms with E-state index in [4.69, 9.17) is 0 Å². The first kappa shape index (κ1) is 8.47. The molecule has 0 bridgehead atoms. The van der Waals surface area contributed by atoms with E-state index in [1.165, 1.54) is 11.3 Å². The molecule has 0 spiro atoms. The second kappa shape index (κ2) is 3.67. The summed E-state index contributed by atoms with van der Waals surface area (Å²) >= 11 is 0. The molecular formula is C9H16N2. The Morgan fingerprint density at radius 2 is 2.27 bits per heavy atom. The summed E-state index contributed by atoms with van der Waals surface area (Å²) in [5.41, 5.74) is 2.70. The van der Waals surface area contributed by atoms with Crippen LogP contribution in [0.5, 0.6) is 0 Å². The Balaban J connectivity index is 2.69. The van der Waals surface area contributed by atoms with Gasteiger partial charge in [0.1, 0.15) is 0 Å². The Labute approximate surface area is 68.6 Å². The zero-order chi connectivity index (χ0) is 8.27. The predicted octanol–water partition coefficient (Wildman–Crippen LogP) is 1.69. The van der Waals surface area contributed by atoms with Gasteiger partial charge in [0.2, 0.25) is 0 Å². The van der Waals surface area contributed by atoms with Gasteiger partial charge in [0, 0.05) is 31.4 Å². The molecule has 0 saturated heterocycles. The van der Waals surface area contributed by atoms with Gasteiger partial charge >= 0.3 is 0 Å². The van der Waals surface area contributed by atoms with Crippen LogP contribution in [0, 0.1) is 0 Å². The average Bonchev–Trinajstić information content (AvgIpc) is 1.95. The van der Waals surface area contributed by atoms with E-state index in [2.05, 4.69) is 23.9 Å². The maximum Gasteiger partial charge on any atom is 0.0414 e. The van der Waals surface area contributed by atoms with Crippen LogP contribution in [-0.4, -0.2) is 31.3 Å². The van der Waals surface area contributed by atoms with Gasteiger partial charge in [-0.15, -0.1) is 0 Å². The van der Waals surface area contributed by atoms with Gasteiger partial charge in [-0.1, -0.05) is 0 Å². The second-order valence-corrected chi connectivity index (χ2v) is 3.10. The third kappa shape index (κ3) is 2.15. The third-order valence-electron chi connectivity index (χ3n) is 2.01. The van der Waals surface area contributed by atoms with Crippen molar-refractivity contribution in [2.45, 2.75) is 20.3 Å². The molecule has 0 radical (unpaired) electrons. The fourth-order valence-corrected chi connectivity index (χ4v) is 1.42. The lowest BCUT2D eigenvalue weighted by molar-refractivity contribution is 0.347. The van der Waals surface area contributed by atoms with Crippen molar-refractivity contribution in [1.82, 2.24) is 4.90 Å². The predicted molar refractivity (Wildman–Crippen MR) is 49.0 cm³/mol. The maximum atomic E-state index is 4.33. The Kier molecular flexibility index (Phi) is 2.83. The van der Waals surface area contributed by atoms with Crippen LogP contribution < -0.4 is 0 Å². The first-order valence-electron chi connectivity index (χ1n) is 4.10. The normalized spacial score (nSPS) is 21.7. The zero-order valence-corrected chi connectivity index (χ0v) is 7.59. The summed E-state index contributed by atoms with van der Waals surface area (Å²) in [5.74, 6) is 0. The molecule has 1 aliphatic heterocycles. The highest BCUT2D eigenvalue weighted by molar-refractivity contribution is 5.55. The van der Waals surface area contributed by atoms with Crippen molar-refractivity contribution in [3.8, 4) is 0 Å². The van der Waals surface area contributed by atoms with E-state index in [0.29, 0.717) is 0 Å². The molecule has 1 rings (SSSR count). The van der Waals surface area contributed by atoms with E-state index >= 15 is 0 Å². The van der Waals surface area contributed by atoms with Crippen molar-refractivity contribution in [1.29, 1.82) is 0 Å². The van der Waals surface area contributed by atoms with Crippen LogP contribution in [0.1, 0.15) is 20.3 Å². The molecule has 0 aliphatic carbocycles. The highest BCUT2D eigenvalue weighted by atomic mass is 15.1. The molecule has 0 aromatic heterocycles. The number of likely N-dealkylation sites (N-methyl/N-ethyl adjacent to an activating group) is 1. The first-order chi connectivity index (χ1) is 5.24. The van der Waals surface area contributed by atoms with Gasteiger partial charge in [-0.3, -0.25) is 4.99 Å². The molecular weight excluding hydrogens is 136 g/mol. The van der Waals surface area contributed by atoms with Gasteiger partial charge in [0.25, 0.3) is 0 Å². The van der Waals surface area contributed by atoms with E-state index in [0.717, 1.165) is 19.5 Å². The lowest BCUT2D eigenvalue weighted by Crippen LogP contribution is -2.26. The average molecular weight is 152 g/mol. The van der Waals surface area contributed by atoms with Crippen molar-refractivity contribution < 1.29 is 0 Å². The van der Waals surface area contributed by atoms with Crippen LogP contribution in [0.3, 0.4) is 0 Å². The first-order valence-corrected chi connectivity index (χ1v) is 4.10. The molecule has 2 nitrogen and oxygen atoms in total. The standard InChI is InChI=1S/C9H16N2/c1-4-10-9-5-6-11(3)7-8(9)2/h4H,5-7H2,1-3H3/b10-4-. The molecule has 1 heterocycles. The molecule has 11 heavy (non-hydrogen) atoms. The van der Waals surface area contributed by atoms with E-state index in [-0.39, 0.29) is 0 Å². The molecule has 0 aromatic rings. The minimum Gasteiger partial charge on any atom is -0.302 e. The van der Waals surface area contributed by atoms with Crippen molar-refractivity contribution >= 4 is 6.21 Å². The molecule has 1 aliphatic rings. The number of aliphatic imine (C=N–C) groups is 1. The van der Waals surface area contributed by atoms with Crippen molar-refractivity contribution in [3.05, 3.63) is 11.3 Å². The summed E-state index contributed by atoms with van der Waals surface area (Å²) in [6.07, 6.45) is 2.98. The van der Waals surface area contributed by atoms with Crippen molar-refractivity contribution in [3.63, 3.8) is 0 Å². The third-order valence-corrected chi connectivity index (χ3v) is 2.01. The largest absolute Gasteiger partial charge is 0.302 e. The smallest absolute Gasteiger partial charge is 0.0414 e. The van der Waals surface area contributed by atoms with Gasteiger partial charge in [-0.2, -0.15) is 0 Å². The Morgan fingerprint density at radius 3 is 2.82 bits per heavy atom. The van der Waals surface area contributed by atoms with Crippen LogP contribution in [0.25, 0.3) is 0 Å². The molecule has 2 heteroatoms. The summed E-state index contributed by atoms with van der Waals surface area (Å²) in [7, 11) is 2.15. The summed E-state index contributed by atoms with van der Waals surface area (Å²) in [6, 6.07) is 0. The molecule has 0 aromatic carbocycles. The topological polar surface area (TPSA) is 15.6 Å². The highest BCUT2D eigenvalue weighted by Crippen LogP contribution is 2.16. The van der Waals surface area contributed by atoms with E-state index in [1.807, 2.05) is 13.1 Å². The molecule has 0 fully saturated rings. The van der Waals surface area contributed by atoms with Gasteiger partial charge < -0.3 is 4.90 Å². The highest BCUT2D eigenvalue weighted by Gasteiger charge is 2.10. The maximum absolute atomic E-state index is 4.33. The number of rotatable bonds is 1. The molecule has 0 amide bonds. The lowest BCUT2D eigenvalue weighted by Gasteiger charge is -2.23. The summed E-state index contributed by atoms with van der Waals surface area (Å²) in [5, 5.41) is 0. The number of hydrogen-bond acceptors (Lipinski definition) is 2.